The first-order chi connectivity index (χ1) is 9.60. The van der Waals surface area contributed by atoms with Gasteiger partial charge in [0.15, 0.2) is 5.13 Å². The number of ether oxygens (including phenoxy) is 1. The Kier molecular flexibility index (Phi) is 4.74. The molecular weight excluding hydrogens is 272 g/mol. The first-order valence-electron chi connectivity index (χ1n) is 6.58. The molecule has 1 aromatic carbocycles. The predicted octanol–water partition coefficient (Wildman–Crippen LogP) is 3.19. The molecule has 0 aliphatic carbocycles. The molecule has 0 atom stereocenters. The lowest BCUT2D eigenvalue weighted by Gasteiger charge is -2.04. The van der Waals surface area contributed by atoms with E-state index in [2.05, 4.69) is 4.98 Å². The monoisotopic (exact) mass is 290 g/mol. The van der Waals surface area contributed by atoms with Crippen LogP contribution < -0.4 is 5.73 Å². The highest BCUT2D eigenvalue weighted by molar-refractivity contribution is 7.15. The molecule has 0 spiro atoms. The average molecular weight is 290 g/mol. The van der Waals surface area contributed by atoms with E-state index >= 15 is 0 Å². The third-order valence-corrected chi connectivity index (χ3v) is 3.89. The largest absolute Gasteiger partial charge is 0.462 e. The van der Waals surface area contributed by atoms with Gasteiger partial charge in [0.25, 0.3) is 0 Å². The van der Waals surface area contributed by atoms with E-state index in [0.717, 1.165) is 29.0 Å². The van der Waals surface area contributed by atoms with Crippen LogP contribution in [-0.4, -0.2) is 17.6 Å². The fourth-order valence-corrected chi connectivity index (χ4v) is 2.70. The van der Waals surface area contributed by atoms with Gasteiger partial charge in [-0.25, -0.2) is 9.78 Å². The predicted molar refractivity (Wildman–Crippen MR) is 81.1 cm³/mol. The molecule has 0 amide bonds. The van der Waals surface area contributed by atoms with Gasteiger partial charge in [-0.05, 0) is 31.0 Å². The van der Waals surface area contributed by atoms with Crippen molar-refractivity contribution in [1.82, 2.24) is 4.98 Å². The summed E-state index contributed by atoms with van der Waals surface area (Å²) in [6.45, 7) is 4.39. The van der Waals surface area contributed by atoms with Crippen LogP contribution in [0.4, 0.5) is 5.13 Å². The molecule has 1 aromatic heterocycles. The highest BCUT2D eigenvalue weighted by Crippen LogP contribution is 2.23. The van der Waals surface area contributed by atoms with Crippen molar-refractivity contribution in [1.29, 1.82) is 0 Å². The Hall–Kier alpha value is -1.88. The summed E-state index contributed by atoms with van der Waals surface area (Å²) in [5.74, 6) is -0.267. The number of aryl methyl sites for hydroxylation is 1. The number of benzene rings is 1. The van der Waals surface area contributed by atoms with Gasteiger partial charge < -0.3 is 10.5 Å². The van der Waals surface area contributed by atoms with E-state index in [1.807, 2.05) is 26.0 Å². The molecule has 2 aromatic rings. The maximum atomic E-state index is 11.7. The molecule has 20 heavy (non-hydrogen) atoms. The van der Waals surface area contributed by atoms with Crippen LogP contribution in [0.5, 0.6) is 0 Å². The van der Waals surface area contributed by atoms with E-state index < -0.39 is 0 Å². The fraction of sp³-hybridized carbons (Fsp3) is 0.333. The smallest absolute Gasteiger partial charge is 0.338 e. The van der Waals surface area contributed by atoms with Gasteiger partial charge in [0.1, 0.15) is 0 Å². The van der Waals surface area contributed by atoms with Gasteiger partial charge in [-0.1, -0.05) is 19.1 Å². The number of aromatic nitrogens is 1. The van der Waals surface area contributed by atoms with Gasteiger partial charge >= 0.3 is 5.97 Å². The Morgan fingerprint density at radius 3 is 2.60 bits per heavy atom. The van der Waals surface area contributed by atoms with Gasteiger partial charge in [-0.2, -0.15) is 0 Å². The number of rotatable bonds is 5. The van der Waals surface area contributed by atoms with Crippen molar-refractivity contribution in [2.45, 2.75) is 26.7 Å². The van der Waals surface area contributed by atoms with Crippen molar-refractivity contribution in [2.24, 2.45) is 0 Å². The van der Waals surface area contributed by atoms with Crippen LogP contribution in [0, 0.1) is 6.92 Å². The van der Waals surface area contributed by atoms with Gasteiger partial charge in [-0.3, -0.25) is 0 Å². The van der Waals surface area contributed by atoms with E-state index in [1.165, 1.54) is 11.3 Å². The minimum atomic E-state index is -0.267. The Morgan fingerprint density at radius 1 is 1.35 bits per heavy atom. The summed E-state index contributed by atoms with van der Waals surface area (Å²) in [4.78, 5) is 17.0. The number of hydrogen-bond donors (Lipinski definition) is 1. The van der Waals surface area contributed by atoms with Crippen LogP contribution in [0.25, 0.3) is 0 Å². The SMILES string of the molecule is CCCOC(=O)c1ccc(Cc2sc(N)nc2C)cc1. The maximum Gasteiger partial charge on any atom is 0.338 e. The number of carbonyl (C=O) groups excluding carboxylic acids is 1. The summed E-state index contributed by atoms with van der Waals surface area (Å²) in [5.41, 5.74) is 8.38. The molecule has 0 fully saturated rings. The zero-order valence-electron chi connectivity index (χ0n) is 11.7. The fourth-order valence-electron chi connectivity index (χ4n) is 1.84. The van der Waals surface area contributed by atoms with E-state index in [9.17, 15) is 4.79 Å². The zero-order valence-corrected chi connectivity index (χ0v) is 12.5. The standard InChI is InChI=1S/C15H18N2O2S/c1-3-8-19-14(18)12-6-4-11(5-7-12)9-13-10(2)17-15(16)20-13/h4-7H,3,8-9H2,1-2H3,(H2,16,17). The molecule has 0 unspecified atom stereocenters. The normalized spacial score (nSPS) is 10.5. The van der Waals surface area contributed by atoms with Crippen LogP contribution >= 0.6 is 11.3 Å². The van der Waals surface area contributed by atoms with Gasteiger partial charge in [-0.15, -0.1) is 11.3 Å². The number of carbonyl (C=O) groups is 1. The Labute approximate surface area is 122 Å². The number of esters is 1. The molecule has 0 saturated heterocycles. The van der Waals surface area contributed by atoms with Crippen molar-refractivity contribution >= 4 is 22.4 Å². The Morgan fingerprint density at radius 2 is 2.05 bits per heavy atom. The number of nitrogens with two attached hydrogens (primary N) is 1. The van der Waals surface area contributed by atoms with Crippen LogP contribution in [0.3, 0.4) is 0 Å². The van der Waals surface area contributed by atoms with E-state index in [0.29, 0.717) is 17.3 Å². The third-order valence-electron chi connectivity index (χ3n) is 2.90. The second-order valence-corrected chi connectivity index (χ2v) is 5.69. The number of nitrogen functional groups attached to an aromatic ring is 1. The number of anilines is 1. The van der Waals surface area contributed by atoms with Crippen LogP contribution in [0.1, 0.15) is 39.8 Å². The molecule has 0 aliphatic rings. The van der Waals surface area contributed by atoms with Crippen molar-refractivity contribution in [2.75, 3.05) is 12.3 Å². The van der Waals surface area contributed by atoms with Crippen LogP contribution in [-0.2, 0) is 11.2 Å². The molecule has 2 N–H and O–H groups in total. The summed E-state index contributed by atoms with van der Waals surface area (Å²) in [6, 6.07) is 7.48. The highest BCUT2D eigenvalue weighted by Gasteiger charge is 2.09. The molecule has 106 valence electrons. The lowest BCUT2D eigenvalue weighted by molar-refractivity contribution is 0.0505. The lowest BCUT2D eigenvalue weighted by Crippen LogP contribution is -2.05. The van der Waals surface area contributed by atoms with Gasteiger partial charge in [0, 0.05) is 11.3 Å². The van der Waals surface area contributed by atoms with Crippen molar-refractivity contribution in [3.8, 4) is 0 Å². The average Bonchev–Trinajstić information content (AvgIpc) is 2.75. The number of nitrogens with zero attached hydrogens (tertiary/aromatic N) is 1. The third kappa shape index (κ3) is 3.57. The molecule has 1 heterocycles. The quantitative estimate of drug-likeness (QED) is 0.859. The molecule has 4 nitrogen and oxygen atoms in total. The molecular formula is C15H18N2O2S. The Bertz CT molecular complexity index is 590. The topological polar surface area (TPSA) is 65.2 Å². The second-order valence-electron chi connectivity index (χ2n) is 4.57. The van der Waals surface area contributed by atoms with Crippen molar-refractivity contribution in [3.63, 3.8) is 0 Å². The van der Waals surface area contributed by atoms with Crippen LogP contribution in [0.2, 0.25) is 0 Å². The minimum absolute atomic E-state index is 0.267. The molecule has 0 aliphatic heterocycles. The summed E-state index contributed by atoms with van der Waals surface area (Å²) >= 11 is 1.51. The molecule has 0 radical (unpaired) electrons. The first-order valence-corrected chi connectivity index (χ1v) is 7.39. The molecule has 0 bridgehead atoms. The lowest BCUT2D eigenvalue weighted by atomic mass is 10.1. The Balaban J connectivity index is 2.05. The van der Waals surface area contributed by atoms with E-state index in [1.54, 1.807) is 12.1 Å². The van der Waals surface area contributed by atoms with E-state index in [-0.39, 0.29) is 5.97 Å². The minimum Gasteiger partial charge on any atom is -0.462 e. The van der Waals surface area contributed by atoms with Gasteiger partial charge in [0.05, 0.1) is 17.9 Å². The summed E-state index contributed by atoms with van der Waals surface area (Å²) in [7, 11) is 0. The number of thiazole rings is 1. The molecule has 0 saturated carbocycles. The molecule has 2 rings (SSSR count). The molecule has 5 heteroatoms. The maximum absolute atomic E-state index is 11.7. The van der Waals surface area contributed by atoms with Crippen molar-refractivity contribution < 1.29 is 9.53 Å². The summed E-state index contributed by atoms with van der Waals surface area (Å²) in [5, 5.41) is 0.595. The zero-order chi connectivity index (χ0) is 14.5. The summed E-state index contributed by atoms with van der Waals surface area (Å²) < 4.78 is 5.09. The first kappa shape index (κ1) is 14.5. The van der Waals surface area contributed by atoms with E-state index in [4.69, 9.17) is 10.5 Å². The highest BCUT2D eigenvalue weighted by atomic mass is 32.1. The number of hydrogen-bond acceptors (Lipinski definition) is 5. The van der Waals surface area contributed by atoms with Crippen molar-refractivity contribution in [3.05, 3.63) is 46.0 Å². The second kappa shape index (κ2) is 6.52. The summed E-state index contributed by atoms with van der Waals surface area (Å²) in [6.07, 6.45) is 1.61. The van der Waals surface area contributed by atoms with Gasteiger partial charge in [0.2, 0.25) is 0 Å². The van der Waals surface area contributed by atoms with Crippen LogP contribution in [0.15, 0.2) is 24.3 Å².